The number of hydrogen-bond acceptors (Lipinski definition) is 2. The second kappa shape index (κ2) is 5.39. The number of rotatable bonds is 6. The number of carbonyl (C=O) groups is 1. The SMILES string of the molecule is C=CC(=O)OCC12CC3(CC)CC(CC(CC)(C3)C1)C2CC. The molecule has 0 radical (unpaired) electrons. The normalized spacial score (nSPS) is 45.8. The molecule has 0 aromatic rings. The summed E-state index contributed by atoms with van der Waals surface area (Å²) in [5.41, 5.74) is 1.27. The van der Waals surface area contributed by atoms with Gasteiger partial charge in [-0.3, -0.25) is 0 Å². The molecule has 4 saturated carbocycles. The average molecular weight is 304 g/mol. The molecule has 4 aliphatic carbocycles. The lowest BCUT2D eigenvalue weighted by atomic mass is 9.35. The Balaban J connectivity index is 1.94. The van der Waals surface area contributed by atoms with Crippen LogP contribution < -0.4 is 0 Å². The van der Waals surface area contributed by atoms with E-state index < -0.39 is 0 Å². The van der Waals surface area contributed by atoms with Gasteiger partial charge in [0.25, 0.3) is 0 Å². The lowest BCUT2D eigenvalue weighted by Gasteiger charge is -2.70. The van der Waals surface area contributed by atoms with Crippen molar-refractivity contribution in [1.82, 2.24) is 0 Å². The van der Waals surface area contributed by atoms with Crippen molar-refractivity contribution in [2.24, 2.45) is 28.1 Å². The fourth-order valence-corrected chi connectivity index (χ4v) is 7.03. The van der Waals surface area contributed by atoms with E-state index >= 15 is 0 Å². The molecule has 124 valence electrons. The van der Waals surface area contributed by atoms with Crippen molar-refractivity contribution < 1.29 is 9.53 Å². The summed E-state index contributed by atoms with van der Waals surface area (Å²) in [6.45, 7) is 11.3. The van der Waals surface area contributed by atoms with Crippen molar-refractivity contribution in [2.75, 3.05) is 6.61 Å². The van der Waals surface area contributed by atoms with E-state index in [-0.39, 0.29) is 11.4 Å². The van der Waals surface area contributed by atoms with Crippen LogP contribution in [0.3, 0.4) is 0 Å². The highest BCUT2D eigenvalue weighted by molar-refractivity contribution is 5.81. The van der Waals surface area contributed by atoms with Gasteiger partial charge in [0.2, 0.25) is 0 Å². The Labute approximate surface area is 135 Å². The molecule has 3 unspecified atom stereocenters. The van der Waals surface area contributed by atoms with Gasteiger partial charge in [-0.25, -0.2) is 4.79 Å². The molecule has 0 aromatic heterocycles. The zero-order valence-electron chi connectivity index (χ0n) is 14.6. The van der Waals surface area contributed by atoms with Crippen LogP contribution in [0.1, 0.15) is 72.1 Å². The first-order valence-electron chi connectivity index (χ1n) is 9.25. The Hall–Kier alpha value is -0.790. The first-order valence-corrected chi connectivity index (χ1v) is 9.25. The van der Waals surface area contributed by atoms with Crippen LogP contribution in [0, 0.1) is 28.1 Å². The zero-order valence-corrected chi connectivity index (χ0v) is 14.6. The Morgan fingerprint density at radius 3 is 2.18 bits per heavy atom. The standard InChI is InChI=1S/C20H32O2/c1-5-16-15-9-18(7-3)11-19(8-4,10-15)13-20(16,12-18)14-22-17(21)6-2/h6,15-16H,2,5,7-14H2,1,3-4H3. The fourth-order valence-electron chi connectivity index (χ4n) is 7.03. The first-order chi connectivity index (χ1) is 10.5. The molecule has 2 heteroatoms. The van der Waals surface area contributed by atoms with Crippen molar-refractivity contribution >= 4 is 5.97 Å². The number of esters is 1. The van der Waals surface area contributed by atoms with E-state index in [1.54, 1.807) is 0 Å². The molecular formula is C20H32O2. The number of ether oxygens (including phenoxy) is 1. The van der Waals surface area contributed by atoms with Crippen molar-refractivity contribution in [2.45, 2.75) is 72.1 Å². The maximum atomic E-state index is 11.7. The summed E-state index contributed by atoms with van der Waals surface area (Å²) >= 11 is 0. The lowest BCUT2D eigenvalue weighted by Crippen LogP contribution is -2.62. The van der Waals surface area contributed by atoms with Gasteiger partial charge in [0.1, 0.15) is 0 Å². The van der Waals surface area contributed by atoms with Gasteiger partial charge in [-0.2, -0.15) is 0 Å². The molecule has 0 N–H and O–H groups in total. The summed E-state index contributed by atoms with van der Waals surface area (Å²) in [4.78, 5) is 11.7. The van der Waals surface area contributed by atoms with Crippen molar-refractivity contribution in [3.05, 3.63) is 12.7 Å². The van der Waals surface area contributed by atoms with Crippen LogP contribution in [0.2, 0.25) is 0 Å². The van der Waals surface area contributed by atoms with E-state index in [0.717, 1.165) is 11.8 Å². The van der Waals surface area contributed by atoms with E-state index in [4.69, 9.17) is 4.74 Å². The van der Waals surface area contributed by atoms with E-state index in [9.17, 15) is 4.79 Å². The quantitative estimate of drug-likeness (QED) is 0.502. The maximum absolute atomic E-state index is 11.7. The van der Waals surface area contributed by atoms with Gasteiger partial charge >= 0.3 is 5.97 Å². The fraction of sp³-hybridized carbons (Fsp3) is 0.850. The van der Waals surface area contributed by atoms with E-state index in [0.29, 0.717) is 17.4 Å². The van der Waals surface area contributed by atoms with Crippen LogP contribution >= 0.6 is 0 Å². The van der Waals surface area contributed by atoms with Gasteiger partial charge in [-0.15, -0.1) is 0 Å². The molecule has 0 spiro atoms. The summed E-state index contributed by atoms with van der Waals surface area (Å²) in [6, 6.07) is 0. The molecule has 4 bridgehead atoms. The Morgan fingerprint density at radius 2 is 1.73 bits per heavy atom. The molecule has 2 nitrogen and oxygen atoms in total. The predicted octanol–water partition coefficient (Wildman–Crippen LogP) is 5.13. The molecule has 0 heterocycles. The minimum absolute atomic E-state index is 0.235. The highest BCUT2D eigenvalue weighted by Gasteiger charge is 2.65. The Bertz CT molecular complexity index is 446. The molecule has 4 fully saturated rings. The molecule has 22 heavy (non-hydrogen) atoms. The summed E-state index contributed by atoms with van der Waals surface area (Å²) in [7, 11) is 0. The highest BCUT2D eigenvalue weighted by atomic mass is 16.5. The molecule has 0 aromatic carbocycles. The highest BCUT2D eigenvalue weighted by Crippen LogP contribution is 2.73. The molecule has 0 saturated heterocycles. The van der Waals surface area contributed by atoms with E-state index in [2.05, 4.69) is 27.4 Å². The summed E-state index contributed by atoms with van der Waals surface area (Å²) in [5.74, 6) is 1.34. The summed E-state index contributed by atoms with van der Waals surface area (Å²) in [6.07, 6.45) is 11.9. The monoisotopic (exact) mass is 304 g/mol. The zero-order chi connectivity index (χ0) is 16.0. The molecule has 3 atom stereocenters. The Morgan fingerprint density at radius 1 is 1.14 bits per heavy atom. The van der Waals surface area contributed by atoms with Crippen molar-refractivity contribution in [3.8, 4) is 0 Å². The van der Waals surface area contributed by atoms with Crippen molar-refractivity contribution in [3.63, 3.8) is 0 Å². The third kappa shape index (κ3) is 2.25. The predicted molar refractivity (Wildman–Crippen MR) is 89.4 cm³/mol. The van der Waals surface area contributed by atoms with Gasteiger partial charge in [0.05, 0.1) is 6.61 Å². The van der Waals surface area contributed by atoms with Crippen molar-refractivity contribution in [1.29, 1.82) is 0 Å². The number of carbonyl (C=O) groups excluding carboxylic acids is 1. The van der Waals surface area contributed by atoms with E-state index in [1.807, 2.05) is 0 Å². The molecule has 4 rings (SSSR count). The molecular weight excluding hydrogens is 272 g/mol. The van der Waals surface area contributed by atoms with E-state index in [1.165, 1.54) is 57.4 Å². The molecule has 0 amide bonds. The third-order valence-electron chi connectivity index (χ3n) is 7.56. The van der Waals surface area contributed by atoms with Gasteiger partial charge < -0.3 is 4.74 Å². The van der Waals surface area contributed by atoms with Gasteiger partial charge in [0.15, 0.2) is 0 Å². The van der Waals surface area contributed by atoms with Gasteiger partial charge in [0, 0.05) is 11.5 Å². The van der Waals surface area contributed by atoms with Crippen LogP contribution in [0.25, 0.3) is 0 Å². The smallest absolute Gasteiger partial charge is 0.330 e. The molecule has 4 aliphatic rings. The summed E-state index contributed by atoms with van der Waals surface area (Å²) < 4.78 is 5.63. The Kier molecular flexibility index (Phi) is 3.94. The van der Waals surface area contributed by atoms with Crippen LogP contribution in [-0.4, -0.2) is 12.6 Å². The maximum Gasteiger partial charge on any atom is 0.330 e. The number of hydrogen-bond donors (Lipinski definition) is 0. The lowest BCUT2D eigenvalue weighted by molar-refractivity contribution is -0.217. The third-order valence-corrected chi connectivity index (χ3v) is 7.56. The second-order valence-corrected chi connectivity index (χ2v) is 8.59. The van der Waals surface area contributed by atoms with Crippen LogP contribution in [-0.2, 0) is 9.53 Å². The largest absolute Gasteiger partial charge is 0.462 e. The first kappa shape index (κ1) is 16.1. The van der Waals surface area contributed by atoms with Crippen LogP contribution in [0.5, 0.6) is 0 Å². The average Bonchev–Trinajstić information content (AvgIpc) is 2.52. The molecule has 0 aliphatic heterocycles. The van der Waals surface area contributed by atoms with Gasteiger partial charge in [-0.1, -0.05) is 46.6 Å². The van der Waals surface area contributed by atoms with Gasteiger partial charge in [-0.05, 0) is 54.8 Å². The van der Waals surface area contributed by atoms with Crippen LogP contribution in [0.15, 0.2) is 12.7 Å². The topological polar surface area (TPSA) is 26.3 Å². The summed E-state index contributed by atoms with van der Waals surface area (Å²) in [5, 5.41) is 0. The van der Waals surface area contributed by atoms with Crippen LogP contribution in [0.4, 0.5) is 0 Å². The minimum atomic E-state index is -0.248. The minimum Gasteiger partial charge on any atom is -0.462 e. The second-order valence-electron chi connectivity index (χ2n) is 8.59.